The molecule has 0 fully saturated rings. The monoisotopic (exact) mass is 441 g/mol. The molecule has 0 unspecified atom stereocenters. The van der Waals surface area contributed by atoms with Gasteiger partial charge in [-0.15, -0.1) is 34.9 Å². The minimum absolute atomic E-state index is 0.0340. The molecule has 2 heterocycles. The number of fused-ring (bicyclic) bond motifs is 1. The number of thiazole rings is 1. The highest BCUT2D eigenvalue weighted by Gasteiger charge is 2.24. The standard InChI is InChI=1S/C21H19N3O2S3/c1-27-15-8-6-14(7-9-15)16-12-29-21(22-16)23-19(25)10-11-24-17-4-2-3-5-18(17)28-13-20(24)26/h2-9,12H,10-11,13H2,1H3,(H,22,23,25). The van der Waals surface area contributed by atoms with Gasteiger partial charge in [-0.1, -0.05) is 24.3 Å². The minimum Gasteiger partial charge on any atom is -0.310 e. The van der Waals surface area contributed by atoms with Crippen molar-refractivity contribution in [3.63, 3.8) is 0 Å². The summed E-state index contributed by atoms with van der Waals surface area (Å²) in [4.78, 5) is 33.2. The SMILES string of the molecule is CSc1ccc(-c2csc(NC(=O)CCN3C(=O)CSc4ccccc43)n2)cc1. The molecule has 0 saturated carbocycles. The van der Waals surface area contributed by atoms with Gasteiger partial charge in [0.15, 0.2) is 5.13 Å². The highest BCUT2D eigenvalue weighted by molar-refractivity contribution is 8.00. The van der Waals surface area contributed by atoms with Crippen molar-refractivity contribution < 1.29 is 9.59 Å². The summed E-state index contributed by atoms with van der Waals surface area (Å²) < 4.78 is 0. The molecule has 5 nitrogen and oxygen atoms in total. The maximum Gasteiger partial charge on any atom is 0.237 e. The first kappa shape index (κ1) is 20.0. The molecule has 3 aromatic rings. The lowest BCUT2D eigenvalue weighted by Gasteiger charge is -2.28. The molecule has 29 heavy (non-hydrogen) atoms. The lowest BCUT2D eigenvalue weighted by atomic mass is 10.2. The number of anilines is 2. The highest BCUT2D eigenvalue weighted by Crippen LogP contribution is 2.35. The third-order valence-corrected chi connectivity index (χ3v) is 7.06. The summed E-state index contributed by atoms with van der Waals surface area (Å²) in [5, 5.41) is 5.36. The van der Waals surface area contributed by atoms with Crippen molar-refractivity contribution in [2.45, 2.75) is 16.2 Å². The van der Waals surface area contributed by atoms with Crippen LogP contribution in [0.4, 0.5) is 10.8 Å². The van der Waals surface area contributed by atoms with Crippen molar-refractivity contribution in [3.8, 4) is 11.3 Å². The van der Waals surface area contributed by atoms with Crippen LogP contribution in [0.2, 0.25) is 0 Å². The third kappa shape index (κ3) is 4.66. The van der Waals surface area contributed by atoms with E-state index in [9.17, 15) is 9.59 Å². The van der Waals surface area contributed by atoms with Gasteiger partial charge in [-0.3, -0.25) is 9.59 Å². The summed E-state index contributed by atoms with van der Waals surface area (Å²) in [5.74, 6) is 0.294. The molecular formula is C21H19N3O2S3. The molecule has 1 aliphatic rings. The van der Waals surface area contributed by atoms with E-state index in [1.807, 2.05) is 48.0 Å². The fraction of sp³-hybridized carbons (Fsp3) is 0.190. The van der Waals surface area contributed by atoms with Crippen molar-refractivity contribution in [2.75, 3.05) is 28.8 Å². The van der Waals surface area contributed by atoms with E-state index >= 15 is 0 Å². The zero-order valence-corrected chi connectivity index (χ0v) is 18.2. The zero-order chi connectivity index (χ0) is 20.2. The number of carbonyl (C=O) groups excluding carboxylic acids is 2. The van der Waals surface area contributed by atoms with Gasteiger partial charge in [0.25, 0.3) is 0 Å². The van der Waals surface area contributed by atoms with Crippen LogP contribution >= 0.6 is 34.9 Å². The van der Waals surface area contributed by atoms with E-state index in [0.717, 1.165) is 21.8 Å². The molecule has 0 spiro atoms. The molecule has 1 aliphatic heterocycles. The predicted molar refractivity (Wildman–Crippen MR) is 122 cm³/mol. The van der Waals surface area contributed by atoms with Gasteiger partial charge in [0.1, 0.15) is 0 Å². The van der Waals surface area contributed by atoms with E-state index in [1.54, 1.807) is 16.7 Å². The van der Waals surface area contributed by atoms with Crippen LogP contribution in [0.5, 0.6) is 0 Å². The fourth-order valence-electron chi connectivity index (χ4n) is 3.02. The fourth-order valence-corrected chi connectivity index (χ4v) is 5.10. The summed E-state index contributed by atoms with van der Waals surface area (Å²) in [6, 6.07) is 16.0. The molecule has 0 radical (unpaired) electrons. The van der Waals surface area contributed by atoms with Crippen molar-refractivity contribution >= 4 is 57.5 Å². The van der Waals surface area contributed by atoms with Gasteiger partial charge < -0.3 is 10.2 Å². The van der Waals surface area contributed by atoms with Crippen LogP contribution in [0.1, 0.15) is 6.42 Å². The topological polar surface area (TPSA) is 62.3 Å². The van der Waals surface area contributed by atoms with Crippen LogP contribution in [0.25, 0.3) is 11.3 Å². The Hall–Kier alpha value is -2.29. The lowest BCUT2D eigenvalue weighted by molar-refractivity contribution is -0.117. The summed E-state index contributed by atoms with van der Waals surface area (Å²) in [5.41, 5.74) is 2.74. The van der Waals surface area contributed by atoms with Gasteiger partial charge in [0.2, 0.25) is 11.8 Å². The van der Waals surface area contributed by atoms with E-state index in [1.165, 1.54) is 28.0 Å². The van der Waals surface area contributed by atoms with Crippen molar-refractivity contribution in [1.29, 1.82) is 0 Å². The average molecular weight is 442 g/mol. The summed E-state index contributed by atoms with van der Waals surface area (Å²) in [6.07, 6.45) is 2.27. The molecule has 0 bridgehead atoms. The van der Waals surface area contributed by atoms with Gasteiger partial charge in [-0.2, -0.15) is 0 Å². The van der Waals surface area contributed by atoms with E-state index in [0.29, 0.717) is 17.4 Å². The van der Waals surface area contributed by atoms with Crippen molar-refractivity contribution in [3.05, 3.63) is 53.9 Å². The Kier molecular flexibility index (Phi) is 6.22. The first-order valence-electron chi connectivity index (χ1n) is 9.06. The second-order valence-corrected chi connectivity index (χ2v) is 9.12. The van der Waals surface area contributed by atoms with Crippen molar-refractivity contribution in [1.82, 2.24) is 4.98 Å². The summed E-state index contributed by atoms with van der Waals surface area (Å²) >= 11 is 4.64. The molecule has 0 saturated heterocycles. The molecule has 2 amide bonds. The Labute approximate surface area is 181 Å². The van der Waals surface area contributed by atoms with Crippen LogP contribution in [0, 0.1) is 0 Å². The number of hydrogen-bond donors (Lipinski definition) is 1. The number of aromatic nitrogens is 1. The van der Waals surface area contributed by atoms with E-state index in [4.69, 9.17) is 0 Å². The smallest absolute Gasteiger partial charge is 0.237 e. The molecule has 4 rings (SSSR count). The first-order chi connectivity index (χ1) is 14.1. The van der Waals surface area contributed by atoms with Crippen LogP contribution < -0.4 is 10.2 Å². The van der Waals surface area contributed by atoms with E-state index in [-0.39, 0.29) is 18.2 Å². The Balaban J connectivity index is 1.37. The van der Waals surface area contributed by atoms with Crippen LogP contribution in [-0.4, -0.2) is 35.4 Å². The van der Waals surface area contributed by atoms with Gasteiger partial charge >= 0.3 is 0 Å². The van der Waals surface area contributed by atoms with Gasteiger partial charge in [0.05, 0.1) is 17.1 Å². The molecule has 8 heteroatoms. The second-order valence-electron chi connectivity index (χ2n) is 6.37. The molecule has 2 aromatic carbocycles. The van der Waals surface area contributed by atoms with Gasteiger partial charge in [0, 0.05) is 33.7 Å². The van der Waals surface area contributed by atoms with Crippen LogP contribution in [-0.2, 0) is 9.59 Å². The lowest BCUT2D eigenvalue weighted by Crippen LogP contribution is -2.37. The number of para-hydroxylation sites is 1. The second kappa shape index (κ2) is 9.02. The highest BCUT2D eigenvalue weighted by atomic mass is 32.2. The van der Waals surface area contributed by atoms with Crippen LogP contribution in [0.3, 0.4) is 0 Å². The number of amides is 2. The average Bonchev–Trinajstić information content (AvgIpc) is 3.21. The van der Waals surface area contributed by atoms with E-state index < -0.39 is 0 Å². The number of thioether (sulfide) groups is 2. The quantitative estimate of drug-likeness (QED) is 0.546. The zero-order valence-electron chi connectivity index (χ0n) is 15.8. The Bertz CT molecular complexity index is 1030. The maximum absolute atomic E-state index is 12.4. The number of rotatable bonds is 6. The number of nitrogens with one attached hydrogen (secondary N) is 1. The Morgan fingerprint density at radius 1 is 1.21 bits per heavy atom. The predicted octanol–water partition coefficient (Wildman–Crippen LogP) is 5.00. The largest absolute Gasteiger partial charge is 0.310 e. The number of nitrogens with zero attached hydrogens (tertiary/aromatic N) is 2. The Morgan fingerprint density at radius 2 is 2.00 bits per heavy atom. The van der Waals surface area contributed by atoms with Gasteiger partial charge in [-0.05, 0) is 30.5 Å². The Morgan fingerprint density at radius 3 is 2.79 bits per heavy atom. The summed E-state index contributed by atoms with van der Waals surface area (Å²) in [7, 11) is 0. The first-order valence-corrected chi connectivity index (χ1v) is 12.1. The molecule has 1 aromatic heterocycles. The van der Waals surface area contributed by atoms with Crippen LogP contribution in [0.15, 0.2) is 63.7 Å². The number of carbonyl (C=O) groups is 2. The number of hydrogen-bond acceptors (Lipinski definition) is 6. The maximum atomic E-state index is 12.4. The minimum atomic E-state index is -0.146. The van der Waals surface area contributed by atoms with Crippen molar-refractivity contribution in [2.24, 2.45) is 0 Å². The van der Waals surface area contributed by atoms with Gasteiger partial charge in [-0.25, -0.2) is 4.98 Å². The normalized spacial score (nSPS) is 13.3. The summed E-state index contributed by atoms with van der Waals surface area (Å²) in [6.45, 7) is 0.358. The molecule has 1 N–H and O–H groups in total. The molecule has 0 aliphatic carbocycles. The number of benzene rings is 2. The third-order valence-electron chi connectivity index (χ3n) is 4.51. The molecular weight excluding hydrogens is 422 g/mol. The van der Waals surface area contributed by atoms with E-state index in [2.05, 4.69) is 22.4 Å². The molecule has 148 valence electrons. The molecule has 0 atom stereocenters.